The third kappa shape index (κ3) is 3.48. The van der Waals surface area contributed by atoms with Gasteiger partial charge < -0.3 is 5.32 Å². The van der Waals surface area contributed by atoms with Crippen molar-refractivity contribution in [3.63, 3.8) is 0 Å². The first-order chi connectivity index (χ1) is 7.75. The standard InChI is InChI=1S/C15H29N/c1-12-7-4-3-5-10-15(12)16-13(2)11-14-8-6-9-14/h12-16H,3-11H2,1-2H3. The lowest BCUT2D eigenvalue weighted by Gasteiger charge is -2.32. The van der Waals surface area contributed by atoms with Gasteiger partial charge in [0.2, 0.25) is 0 Å². The summed E-state index contributed by atoms with van der Waals surface area (Å²) in [6.45, 7) is 4.84. The van der Waals surface area contributed by atoms with Crippen molar-refractivity contribution in [2.75, 3.05) is 0 Å². The van der Waals surface area contributed by atoms with Crippen molar-refractivity contribution in [2.24, 2.45) is 11.8 Å². The second-order valence-corrected chi connectivity index (χ2v) is 6.32. The zero-order valence-corrected chi connectivity index (χ0v) is 11.2. The first kappa shape index (κ1) is 12.4. The lowest BCUT2D eigenvalue weighted by atomic mass is 9.81. The molecule has 2 fully saturated rings. The molecular weight excluding hydrogens is 194 g/mol. The van der Waals surface area contributed by atoms with E-state index in [9.17, 15) is 0 Å². The number of hydrogen-bond donors (Lipinski definition) is 1. The Morgan fingerprint density at radius 2 is 1.75 bits per heavy atom. The van der Waals surface area contributed by atoms with Crippen LogP contribution in [0.5, 0.6) is 0 Å². The van der Waals surface area contributed by atoms with E-state index in [-0.39, 0.29) is 0 Å². The third-order valence-corrected chi connectivity index (χ3v) is 4.77. The van der Waals surface area contributed by atoms with E-state index in [1.54, 1.807) is 0 Å². The normalized spacial score (nSPS) is 34.1. The molecule has 0 aromatic rings. The Morgan fingerprint density at radius 1 is 1.00 bits per heavy atom. The van der Waals surface area contributed by atoms with Gasteiger partial charge in [-0.25, -0.2) is 0 Å². The summed E-state index contributed by atoms with van der Waals surface area (Å²) in [6.07, 6.45) is 13.1. The summed E-state index contributed by atoms with van der Waals surface area (Å²) in [5, 5.41) is 3.91. The highest BCUT2D eigenvalue weighted by atomic mass is 14.9. The van der Waals surface area contributed by atoms with Gasteiger partial charge in [-0.1, -0.05) is 45.4 Å². The zero-order chi connectivity index (χ0) is 11.4. The van der Waals surface area contributed by atoms with Gasteiger partial charge in [-0.2, -0.15) is 0 Å². The predicted molar refractivity (Wildman–Crippen MR) is 70.6 cm³/mol. The number of hydrogen-bond acceptors (Lipinski definition) is 1. The van der Waals surface area contributed by atoms with Crippen molar-refractivity contribution >= 4 is 0 Å². The Hall–Kier alpha value is -0.0400. The molecule has 0 spiro atoms. The van der Waals surface area contributed by atoms with Crippen LogP contribution in [0.25, 0.3) is 0 Å². The zero-order valence-electron chi connectivity index (χ0n) is 11.2. The minimum Gasteiger partial charge on any atom is -0.311 e. The maximum Gasteiger partial charge on any atom is 0.00951 e. The van der Waals surface area contributed by atoms with Gasteiger partial charge in [-0.05, 0) is 38.0 Å². The van der Waals surface area contributed by atoms with Gasteiger partial charge in [0.05, 0.1) is 0 Å². The molecule has 2 aliphatic rings. The molecule has 0 aromatic carbocycles. The van der Waals surface area contributed by atoms with E-state index in [1.165, 1.54) is 57.8 Å². The van der Waals surface area contributed by atoms with Gasteiger partial charge in [-0.15, -0.1) is 0 Å². The molecule has 0 bridgehead atoms. The molecule has 94 valence electrons. The smallest absolute Gasteiger partial charge is 0.00951 e. The largest absolute Gasteiger partial charge is 0.311 e. The molecular formula is C15H29N. The minimum absolute atomic E-state index is 0.746. The molecule has 0 aliphatic heterocycles. The van der Waals surface area contributed by atoms with Crippen LogP contribution in [0.2, 0.25) is 0 Å². The van der Waals surface area contributed by atoms with Crippen molar-refractivity contribution in [1.29, 1.82) is 0 Å². The molecule has 3 atom stereocenters. The van der Waals surface area contributed by atoms with E-state index in [2.05, 4.69) is 19.2 Å². The summed E-state index contributed by atoms with van der Waals surface area (Å²) in [7, 11) is 0. The summed E-state index contributed by atoms with van der Waals surface area (Å²) in [5.74, 6) is 1.94. The van der Waals surface area contributed by atoms with Crippen LogP contribution in [0.1, 0.15) is 71.6 Å². The van der Waals surface area contributed by atoms with E-state index in [4.69, 9.17) is 0 Å². The predicted octanol–water partition coefficient (Wildman–Crippen LogP) is 4.12. The van der Waals surface area contributed by atoms with Crippen molar-refractivity contribution in [3.8, 4) is 0 Å². The Bertz CT molecular complexity index is 198. The molecule has 1 nitrogen and oxygen atoms in total. The summed E-state index contributed by atoms with van der Waals surface area (Å²) in [6, 6.07) is 1.55. The Labute approximate surface area is 101 Å². The fourth-order valence-corrected chi connectivity index (χ4v) is 3.40. The van der Waals surface area contributed by atoms with Crippen LogP contribution in [-0.4, -0.2) is 12.1 Å². The quantitative estimate of drug-likeness (QED) is 0.707. The molecule has 0 radical (unpaired) electrons. The molecule has 2 aliphatic carbocycles. The highest BCUT2D eigenvalue weighted by Gasteiger charge is 2.24. The van der Waals surface area contributed by atoms with Crippen molar-refractivity contribution < 1.29 is 0 Å². The maximum atomic E-state index is 3.91. The van der Waals surface area contributed by atoms with Gasteiger partial charge in [0.1, 0.15) is 0 Å². The first-order valence-corrected chi connectivity index (χ1v) is 7.51. The van der Waals surface area contributed by atoms with Crippen molar-refractivity contribution in [1.82, 2.24) is 5.32 Å². The monoisotopic (exact) mass is 223 g/mol. The van der Waals surface area contributed by atoms with Gasteiger partial charge in [0, 0.05) is 12.1 Å². The van der Waals surface area contributed by atoms with Crippen molar-refractivity contribution in [2.45, 2.75) is 83.7 Å². The molecule has 2 saturated carbocycles. The average Bonchev–Trinajstić information content (AvgIpc) is 2.39. The van der Waals surface area contributed by atoms with E-state index in [0.29, 0.717) is 0 Å². The van der Waals surface area contributed by atoms with Crippen LogP contribution in [0.4, 0.5) is 0 Å². The SMILES string of the molecule is CC(CC1CCC1)NC1CCCCCC1C. The van der Waals surface area contributed by atoms with Gasteiger partial charge in [0.15, 0.2) is 0 Å². The Kier molecular flexibility index (Phi) is 4.69. The summed E-state index contributed by atoms with van der Waals surface area (Å²) in [5.41, 5.74) is 0. The highest BCUT2D eigenvalue weighted by molar-refractivity contribution is 4.81. The lowest BCUT2D eigenvalue weighted by molar-refractivity contribution is 0.240. The molecule has 0 heterocycles. The van der Waals surface area contributed by atoms with Gasteiger partial charge >= 0.3 is 0 Å². The first-order valence-electron chi connectivity index (χ1n) is 7.51. The third-order valence-electron chi connectivity index (χ3n) is 4.77. The molecule has 3 unspecified atom stereocenters. The minimum atomic E-state index is 0.746. The molecule has 16 heavy (non-hydrogen) atoms. The number of rotatable bonds is 4. The second-order valence-electron chi connectivity index (χ2n) is 6.32. The van der Waals surface area contributed by atoms with Crippen LogP contribution in [0.15, 0.2) is 0 Å². The topological polar surface area (TPSA) is 12.0 Å². The molecule has 1 N–H and O–H groups in total. The average molecular weight is 223 g/mol. The molecule has 0 saturated heterocycles. The highest BCUT2D eigenvalue weighted by Crippen LogP contribution is 2.31. The molecule has 0 amide bonds. The van der Waals surface area contributed by atoms with Crippen LogP contribution < -0.4 is 5.32 Å². The molecule has 1 heteroatoms. The summed E-state index contributed by atoms with van der Waals surface area (Å²) in [4.78, 5) is 0. The van der Waals surface area contributed by atoms with E-state index >= 15 is 0 Å². The van der Waals surface area contributed by atoms with E-state index in [1.807, 2.05) is 0 Å². The molecule has 2 rings (SSSR count). The van der Waals surface area contributed by atoms with Crippen LogP contribution in [-0.2, 0) is 0 Å². The fourth-order valence-electron chi connectivity index (χ4n) is 3.40. The summed E-state index contributed by atoms with van der Waals surface area (Å²) < 4.78 is 0. The summed E-state index contributed by atoms with van der Waals surface area (Å²) >= 11 is 0. The fraction of sp³-hybridized carbons (Fsp3) is 1.00. The van der Waals surface area contributed by atoms with Crippen LogP contribution in [0.3, 0.4) is 0 Å². The van der Waals surface area contributed by atoms with Crippen LogP contribution in [0, 0.1) is 11.8 Å². The van der Waals surface area contributed by atoms with Crippen LogP contribution >= 0.6 is 0 Å². The lowest BCUT2D eigenvalue weighted by Crippen LogP contribution is -2.41. The van der Waals surface area contributed by atoms with Gasteiger partial charge in [-0.3, -0.25) is 0 Å². The van der Waals surface area contributed by atoms with E-state index in [0.717, 1.165) is 23.9 Å². The maximum absolute atomic E-state index is 3.91. The number of nitrogens with one attached hydrogen (secondary N) is 1. The second kappa shape index (κ2) is 6.05. The van der Waals surface area contributed by atoms with Crippen molar-refractivity contribution in [3.05, 3.63) is 0 Å². The Balaban J connectivity index is 1.72. The van der Waals surface area contributed by atoms with E-state index < -0.39 is 0 Å². The molecule has 0 aromatic heterocycles. The van der Waals surface area contributed by atoms with Gasteiger partial charge in [0.25, 0.3) is 0 Å². The Morgan fingerprint density at radius 3 is 2.44 bits per heavy atom.